The van der Waals surface area contributed by atoms with Gasteiger partial charge in [0.15, 0.2) is 0 Å². The Morgan fingerprint density at radius 1 is 1.23 bits per heavy atom. The molecule has 0 spiro atoms. The molecule has 0 aliphatic heterocycles. The van der Waals surface area contributed by atoms with Crippen LogP contribution in [0.5, 0.6) is 0 Å². The topological polar surface area (TPSA) is 38.3 Å². The van der Waals surface area contributed by atoms with Crippen molar-refractivity contribution < 1.29 is 9.53 Å². The Labute approximate surface area is 80.8 Å². The first-order valence-corrected chi connectivity index (χ1v) is 5.09. The van der Waals surface area contributed by atoms with E-state index in [0.717, 1.165) is 19.4 Å². The maximum absolute atomic E-state index is 11.6. The van der Waals surface area contributed by atoms with Gasteiger partial charge in [0.1, 0.15) is 5.54 Å². The van der Waals surface area contributed by atoms with Gasteiger partial charge < -0.3 is 10.1 Å². The molecule has 3 heteroatoms. The lowest BCUT2D eigenvalue weighted by Crippen LogP contribution is -2.52. The molecular formula is C10H21NO2. The Morgan fingerprint density at radius 3 is 2.08 bits per heavy atom. The summed E-state index contributed by atoms with van der Waals surface area (Å²) in [6, 6.07) is 0. The summed E-state index contributed by atoms with van der Waals surface area (Å²) in [5.74, 6) is -0.123. The van der Waals surface area contributed by atoms with E-state index in [1.165, 1.54) is 0 Å². The number of carbonyl (C=O) groups is 1. The van der Waals surface area contributed by atoms with E-state index in [4.69, 9.17) is 4.74 Å². The van der Waals surface area contributed by atoms with Crippen molar-refractivity contribution in [1.82, 2.24) is 5.32 Å². The molecule has 0 rings (SSSR count). The molecule has 0 aromatic heterocycles. The van der Waals surface area contributed by atoms with Gasteiger partial charge >= 0.3 is 5.97 Å². The largest absolute Gasteiger partial charge is 0.465 e. The van der Waals surface area contributed by atoms with Crippen LogP contribution >= 0.6 is 0 Å². The number of hydrogen-bond donors (Lipinski definition) is 1. The standard InChI is InChI=1S/C10H21NO2/c1-5-10(6-2,11-7-3)9(12)13-8-4/h11H,5-8H2,1-4H3. The summed E-state index contributed by atoms with van der Waals surface area (Å²) < 4.78 is 5.04. The molecule has 0 fully saturated rings. The van der Waals surface area contributed by atoms with E-state index in [9.17, 15) is 4.79 Å². The average molecular weight is 187 g/mol. The molecule has 13 heavy (non-hydrogen) atoms. The molecule has 0 saturated carbocycles. The predicted molar refractivity (Wildman–Crippen MR) is 53.6 cm³/mol. The Kier molecular flexibility index (Phi) is 5.71. The Hall–Kier alpha value is -0.570. The van der Waals surface area contributed by atoms with Crippen LogP contribution in [0.15, 0.2) is 0 Å². The molecule has 0 amide bonds. The number of likely N-dealkylation sites (N-methyl/N-ethyl adjacent to an activating group) is 1. The fourth-order valence-corrected chi connectivity index (χ4v) is 1.47. The van der Waals surface area contributed by atoms with E-state index in [2.05, 4.69) is 5.32 Å². The van der Waals surface area contributed by atoms with Gasteiger partial charge in [-0.15, -0.1) is 0 Å². The summed E-state index contributed by atoms with van der Waals surface area (Å²) in [5, 5.41) is 3.21. The van der Waals surface area contributed by atoms with Gasteiger partial charge in [-0.1, -0.05) is 20.8 Å². The minimum absolute atomic E-state index is 0.123. The molecule has 0 heterocycles. The third-order valence-electron chi connectivity index (χ3n) is 2.39. The molecule has 0 bridgehead atoms. The van der Waals surface area contributed by atoms with E-state index in [1.807, 2.05) is 27.7 Å². The lowest BCUT2D eigenvalue weighted by atomic mass is 9.93. The van der Waals surface area contributed by atoms with Gasteiger partial charge in [-0.05, 0) is 26.3 Å². The van der Waals surface area contributed by atoms with Crippen LogP contribution in [0.3, 0.4) is 0 Å². The van der Waals surface area contributed by atoms with Gasteiger partial charge in [-0.25, -0.2) is 0 Å². The van der Waals surface area contributed by atoms with Crippen molar-refractivity contribution in [3.63, 3.8) is 0 Å². The summed E-state index contributed by atoms with van der Waals surface area (Å²) >= 11 is 0. The highest BCUT2D eigenvalue weighted by molar-refractivity contribution is 5.80. The molecule has 0 unspecified atom stereocenters. The third kappa shape index (κ3) is 2.99. The molecule has 0 radical (unpaired) electrons. The van der Waals surface area contributed by atoms with Crippen LogP contribution in [0.1, 0.15) is 40.5 Å². The summed E-state index contributed by atoms with van der Waals surface area (Å²) in [4.78, 5) is 11.6. The first-order chi connectivity index (χ1) is 6.16. The zero-order valence-corrected chi connectivity index (χ0v) is 9.14. The lowest BCUT2D eigenvalue weighted by Gasteiger charge is -2.29. The quantitative estimate of drug-likeness (QED) is 0.643. The van der Waals surface area contributed by atoms with E-state index in [0.29, 0.717) is 6.61 Å². The van der Waals surface area contributed by atoms with E-state index in [1.54, 1.807) is 0 Å². The van der Waals surface area contributed by atoms with Crippen molar-refractivity contribution in [3.8, 4) is 0 Å². The highest BCUT2D eigenvalue weighted by Crippen LogP contribution is 2.16. The van der Waals surface area contributed by atoms with Crippen molar-refractivity contribution in [3.05, 3.63) is 0 Å². The van der Waals surface area contributed by atoms with Crippen molar-refractivity contribution in [2.75, 3.05) is 13.2 Å². The van der Waals surface area contributed by atoms with Crippen LogP contribution in [0.2, 0.25) is 0 Å². The molecule has 0 aromatic carbocycles. The Morgan fingerprint density at radius 2 is 1.77 bits per heavy atom. The number of rotatable bonds is 6. The minimum atomic E-state index is -0.468. The Balaban J connectivity index is 4.43. The van der Waals surface area contributed by atoms with E-state index in [-0.39, 0.29) is 5.97 Å². The van der Waals surface area contributed by atoms with Crippen LogP contribution < -0.4 is 5.32 Å². The molecule has 0 atom stereocenters. The van der Waals surface area contributed by atoms with Crippen molar-refractivity contribution in [2.45, 2.75) is 46.1 Å². The molecule has 78 valence electrons. The maximum atomic E-state index is 11.6. The second-order valence-corrected chi connectivity index (χ2v) is 3.04. The molecule has 1 N–H and O–H groups in total. The second kappa shape index (κ2) is 5.97. The Bertz CT molecular complexity index is 153. The van der Waals surface area contributed by atoms with Gasteiger partial charge in [-0.3, -0.25) is 4.79 Å². The van der Waals surface area contributed by atoms with Crippen LogP contribution in [0, 0.1) is 0 Å². The molecule has 0 aliphatic rings. The zero-order valence-electron chi connectivity index (χ0n) is 9.14. The molecule has 0 saturated heterocycles. The van der Waals surface area contributed by atoms with Crippen molar-refractivity contribution in [2.24, 2.45) is 0 Å². The zero-order chi connectivity index (χ0) is 10.3. The van der Waals surface area contributed by atoms with E-state index >= 15 is 0 Å². The summed E-state index contributed by atoms with van der Waals surface area (Å²) in [6.45, 7) is 9.08. The highest BCUT2D eigenvalue weighted by Gasteiger charge is 2.34. The van der Waals surface area contributed by atoms with Gasteiger partial charge in [0, 0.05) is 0 Å². The number of carbonyl (C=O) groups excluding carboxylic acids is 1. The minimum Gasteiger partial charge on any atom is -0.465 e. The fraction of sp³-hybridized carbons (Fsp3) is 0.900. The van der Waals surface area contributed by atoms with Crippen LogP contribution in [-0.2, 0) is 9.53 Å². The number of hydrogen-bond acceptors (Lipinski definition) is 3. The van der Waals surface area contributed by atoms with E-state index < -0.39 is 5.54 Å². The molecule has 0 aromatic rings. The first kappa shape index (κ1) is 12.4. The summed E-state index contributed by atoms with van der Waals surface area (Å²) in [7, 11) is 0. The lowest BCUT2D eigenvalue weighted by molar-refractivity contribution is -0.151. The van der Waals surface area contributed by atoms with Gasteiger partial charge in [0.05, 0.1) is 6.61 Å². The smallest absolute Gasteiger partial charge is 0.326 e. The monoisotopic (exact) mass is 187 g/mol. The summed E-state index contributed by atoms with van der Waals surface area (Å²) in [5.41, 5.74) is -0.468. The number of esters is 1. The van der Waals surface area contributed by atoms with Gasteiger partial charge in [0.2, 0.25) is 0 Å². The average Bonchev–Trinajstić information content (AvgIpc) is 2.14. The van der Waals surface area contributed by atoms with Crippen LogP contribution in [-0.4, -0.2) is 24.7 Å². The fourth-order valence-electron chi connectivity index (χ4n) is 1.47. The predicted octanol–water partition coefficient (Wildman–Crippen LogP) is 1.72. The SMILES string of the molecule is CCNC(CC)(CC)C(=O)OCC. The molecule has 0 aliphatic carbocycles. The highest BCUT2D eigenvalue weighted by atomic mass is 16.5. The van der Waals surface area contributed by atoms with Crippen LogP contribution in [0.4, 0.5) is 0 Å². The van der Waals surface area contributed by atoms with Crippen molar-refractivity contribution in [1.29, 1.82) is 0 Å². The summed E-state index contributed by atoms with van der Waals surface area (Å²) in [6.07, 6.45) is 1.55. The first-order valence-electron chi connectivity index (χ1n) is 5.09. The number of nitrogens with one attached hydrogen (secondary N) is 1. The van der Waals surface area contributed by atoms with Crippen molar-refractivity contribution >= 4 is 5.97 Å². The number of ether oxygens (including phenoxy) is 1. The van der Waals surface area contributed by atoms with Crippen LogP contribution in [0.25, 0.3) is 0 Å². The molecular weight excluding hydrogens is 166 g/mol. The van der Waals surface area contributed by atoms with Gasteiger partial charge in [0.25, 0.3) is 0 Å². The normalized spacial score (nSPS) is 11.4. The van der Waals surface area contributed by atoms with Gasteiger partial charge in [-0.2, -0.15) is 0 Å². The maximum Gasteiger partial charge on any atom is 0.326 e. The second-order valence-electron chi connectivity index (χ2n) is 3.04. The third-order valence-corrected chi connectivity index (χ3v) is 2.39. The molecule has 3 nitrogen and oxygen atoms in total.